The molecule has 0 spiro atoms. The minimum absolute atomic E-state index is 0.0164. The highest BCUT2D eigenvalue weighted by molar-refractivity contribution is 6.01. The number of carboxylic acids is 1. The first kappa shape index (κ1) is 71.9. The number of aliphatic carboxylic acids is 1. The van der Waals surface area contributed by atoms with Crippen LogP contribution in [0.1, 0.15) is 86.5 Å². The summed E-state index contributed by atoms with van der Waals surface area (Å²) in [5.41, 5.74) is 8.12. The highest BCUT2D eigenvalue weighted by Crippen LogP contribution is 2.32. The van der Waals surface area contributed by atoms with Gasteiger partial charge in [0.15, 0.2) is 0 Å². The van der Waals surface area contributed by atoms with Crippen LogP contribution in [0.4, 0.5) is 8.78 Å². The van der Waals surface area contributed by atoms with Crippen LogP contribution in [0.25, 0.3) is 27.5 Å². The zero-order valence-electron chi connectivity index (χ0n) is 55.5. The topological polar surface area (TPSA) is 434 Å². The number of rotatable bonds is 13. The minimum Gasteiger partial charge on any atom is -0.497 e. The van der Waals surface area contributed by atoms with Crippen molar-refractivity contribution in [2.24, 2.45) is 5.73 Å². The van der Waals surface area contributed by atoms with Crippen LogP contribution in [-0.2, 0) is 91.3 Å². The van der Waals surface area contributed by atoms with Crippen molar-refractivity contribution in [3.05, 3.63) is 161 Å². The van der Waals surface area contributed by atoms with E-state index in [1.807, 2.05) is 0 Å². The average molecular weight is 1390 g/mol. The number of benzene rings is 4. The van der Waals surface area contributed by atoms with Gasteiger partial charge in [0, 0.05) is 91.7 Å². The number of primary amides is 1. The number of carboxylic acid groups (broad SMARTS) is 1. The van der Waals surface area contributed by atoms with Crippen LogP contribution in [0.15, 0.2) is 116 Å². The van der Waals surface area contributed by atoms with E-state index in [0.29, 0.717) is 56.7 Å². The van der Waals surface area contributed by atoms with Crippen molar-refractivity contribution in [1.82, 2.24) is 82.4 Å². The number of fused-ring (bicyclic) bond motifs is 29. The fourth-order valence-corrected chi connectivity index (χ4v) is 12.5. The van der Waals surface area contributed by atoms with E-state index < -0.39 is 143 Å². The number of methoxy groups -OCH3 is 1. The Morgan fingerprint density at radius 3 is 1.85 bits per heavy atom. The van der Waals surface area contributed by atoms with Crippen molar-refractivity contribution in [1.29, 1.82) is 0 Å². The number of carbonyl (C=O) groups excluding carboxylic acids is 10. The maximum atomic E-state index is 15.3. The largest absolute Gasteiger partial charge is 0.497 e. The Balaban J connectivity index is 1.01. The molecule has 14 N–H and O–H groups in total. The van der Waals surface area contributed by atoms with Gasteiger partial charge < -0.3 is 78.0 Å². The molecule has 101 heavy (non-hydrogen) atoms. The third-order valence-corrected chi connectivity index (χ3v) is 18.0. The summed E-state index contributed by atoms with van der Waals surface area (Å²) in [7, 11) is 1.46. The van der Waals surface area contributed by atoms with Crippen LogP contribution >= 0.6 is 0 Å². The smallest absolute Gasteiger partial charge is 0.305 e. The second-order valence-corrected chi connectivity index (χ2v) is 25.3. The highest BCUT2D eigenvalue weighted by atomic mass is 19.1. The Bertz CT molecular complexity index is 4410. The molecule has 10 amide bonds. The van der Waals surface area contributed by atoms with E-state index in [1.54, 1.807) is 54.7 Å². The molecule has 4 aromatic heterocycles. The molecule has 530 valence electrons. The summed E-state index contributed by atoms with van der Waals surface area (Å²) in [6.07, 6.45) is 5.56. The SMILES string of the molecule is COc1ccc(C[C@@H]2NC(=O)[C@H](Cc3cnc[nH]3)NC(=O)[C@H](CC(=O)O)NC(=O)[C@H](Cc3c[nH]c4ccc(F)cc34)NC(=O)[C@H](Cc3c[nH]c4ccc(F)cc34)NC(=O)[C@H](C)NC(=O)[C@H](NC(C)=O)CCCc3cn(nn3)-c3ccc(cc3)C[C@@H](C(N)=O)NC(=O)[C@]3(C)CCCN3C2=O)cc1. The van der Waals surface area contributed by atoms with Gasteiger partial charge >= 0.3 is 5.97 Å². The number of carbonyl (C=O) groups is 11. The number of imidazole rings is 1. The lowest BCUT2D eigenvalue weighted by atomic mass is 9.94. The van der Waals surface area contributed by atoms with Crippen LogP contribution in [0.3, 0.4) is 0 Å². The lowest BCUT2D eigenvalue weighted by Gasteiger charge is -2.37. The fraction of sp³-hybridized carbons (Fsp3) is 0.362. The monoisotopic (exact) mass is 1390 g/mol. The summed E-state index contributed by atoms with van der Waals surface area (Å²) in [6, 6.07) is 8.41. The Hall–Kier alpha value is -11.9. The molecular weight excluding hydrogens is 1310 g/mol. The van der Waals surface area contributed by atoms with Gasteiger partial charge in [-0.1, -0.05) is 29.5 Å². The Morgan fingerprint density at radius 1 is 0.693 bits per heavy atom. The molecule has 1 saturated heterocycles. The van der Waals surface area contributed by atoms with E-state index in [2.05, 4.69) is 72.8 Å². The van der Waals surface area contributed by atoms with Gasteiger partial charge in [-0.05, 0) is 129 Å². The predicted octanol–water partition coefficient (Wildman–Crippen LogP) is 1.35. The van der Waals surface area contributed by atoms with Crippen LogP contribution in [-0.4, -0.2) is 178 Å². The number of H-pyrrole nitrogens is 3. The lowest BCUT2D eigenvalue weighted by Crippen LogP contribution is -2.63. The highest BCUT2D eigenvalue weighted by Gasteiger charge is 2.49. The fourth-order valence-electron chi connectivity index (χ4n) is 12.5. The number of amides is 10. The third-order valence-electron chi connectivity index (χ3n) is 18.0. The number of hydrogen-bond donors (Lipinski definition) is 13. The second-order valence-electron chi connectivity index (χ2n) is 25.3. The summed E-state index contributed by atoms with van der Waals surface area (Å²) >= 11 is 0. The van der Waals surface area contributed by atoms with Gasteiger partial charge in [0.2, 0.25) is 59.1 Å². The summed E-state index contributed by atoms with van der Waals surface area (Å²) in [4.78, 5) is 171. The number of nitrogens with zero attached hydrogens (tertiary/aromatic N) is 5. The number of aromatic nitrogens is 7. The first-order valence-corrected chi connectivity index (χ1v) is 32.7. The van der Waals surface area contributed by atoms with E-state index >= 15 is 19.2 Å². The number of nitrogens with two attached hydrogens (primary N) is 1. The maximum absolute atomic E-state index is 15.3. The molecule has 8 aromatic rings. The van der Waals surface area contributed by atoms with E-state index in [1.165, 1.54) is 92.7 Å². The van der Waals surface area contributed by atoms with Gasteiger partial charge in [-0.3, -0.25) is 52.7 Å². The Kier molecular flexibility index (Phi) is 22.6. The Morgan fingerprint density at radius 2 is 1.28 bits per heavy atom. The number of aryl methyl sites for hydroxylation is 1. The van der Waals surface area contributed by atoms with Gasteiger partial charge in [-0.2, -0.15) is 0 Å². The molecule has 0 aliphatic carbocycles. The van der Waals surface area contributed by atoms with Crippen LogP contribution < -0.4 is 53.0 Å². The van der Waals surface area contributed by atoms with Crippen molar-refractivity contribution in [3.8, 4) is 11.4 Å². The van der Waals surface area contributed by atoms with Crippen LogP contribution in [0.5, 0.6) is 5.75 Å². The van der Waals surface area contributed by atoms with Crippen molar-refractivity contribution in [3.63, 3.8) is 0 Å². The summed E-state index contributed by atoms with van der Waals surface area (Å²) in [5, 5.41) is 40.5. The van der Waals surface area contributed by atoms with Gasteiger partial charge in [-0.15, -0.1) is 5.10 Å². The molecule has 4 aromatic carbocycles. The zero-order chi connectivity index (χ0) is 72.2. The van der Waals surface area contributed by atoms with E-state index in [-0.39, 0.29) is 74.6 Å². The van der Waals surface area contributed by atoms with Crippen molar-refractivity contribution < 1.29 is 71.4 Å². The third kappa shape index (κ3) is 17.9. The van der Waals surface area contributed by atoms with Gasteiger partial charge in [0.25, 0.3) is 0 Å². The van der Waals surface area contributed by atoms with Crippen LogP contribution in [0, 0.1) is 11.6 Å². The standard InChI is InChI=1S/C69H77F2N17O13/c1-36-61(93)79-54(25-40-31-74-50-19-13-42(70)27-48(40)50)63(95)80-55(26-41-32-75-51-20-14-43(71)28-49(41)51)64(96)82-57(30-59(90)91)66(98)81-56(29-45-33-73-35-76-45)65(97)83-58(24-39-11-17-47(101-4)18-12-39)67(99)87-22-6-21-69(87,3)68(100)84-53(60(72)92)23-38-9-15-46(16-10-38)88-34-44(85-86-88)7-5-8-52(62(94)77-36)78-37(2)89/h9-20,27-28,31-36,52-58,74-75H,5-8,21-26,29-30H2,1-4H3,(H2,72,92)(H,73,76)(H,77,94)(H,78,89)(H,79,93)(H,80,95)(H,81,98)(H,82,96)(H,83,97)(H,84,100)(H,90,91)/t36-,52+,53-,54-,55-,56-,57-,58-,69-/m0/s1. The molecule has 11 rings (SSSR count). The summed E-state index contributed by atoms with van der Waals surface area (Å²) < 4.78 is 36.7. The normalized spacial score (nSPS) is 22.8. The molecule has 32 heteroatoms. The number of ether oxygens (including phenoxy) is 1. The minimum atomic E-state index is -2.05. The molecule has 4 bridgehead atoms. The van der Waals surface area contributed by atoms with Gasteiger partial charge in [0.1, 0.15) is 71.3 Å². The lowest BCUT2D eigenvalue weighted by molar-refractivity contribution is -0.147. The van der Waals surface area contributed by atoms with Gasteiger partial charge in [-0.25, -0.2) is 18.4 Å². The summed E-state index contributed by atoms with van der Waals surface area (Å²) in [6.45, 7) is 4.06. The van der Waals surface area contributed by atoms with E-state index in [9.17, 15) is 47.4 Å². The molecule has 0 radical (unpaired) electrons. The molecular formula is C69H77F2N17O13. The van der Waals surface area contributed by atoms with Crippen molar-refractivity contribution in [2.45, 2.75) is 145 Å². The molecule has 3 aliphatic heterocycles. The number of aromatic amines is 3. The first-order valence-electron chi connectivity index (χ1n) is 32.7. The average Bonchev–Trinajstić information content (AvgIpc) is 1.71. The summed E-state index contributed by atoms with van der Waals surface area (Å²) in [5.74, 6) is -11.6. The molecule has 7 heterocycles. The van der Waals surface area contributed by atoms with Crippen molar-refractivity contribution >= 4 is 86.8 Å². The zero-order valence-corrected chi connectivity index (χ0v) is 55.5. The maximum Gasteiger partial charge on any atom is 0.305 e. The molecule has 3 aliphatic rings. The predicted molar refractivity (Wildman–Crippen MR) is 359 cm³/mol. The number of hydrogen-bond acceptors (Lipinski definition) is 15. The van der Waals surface area contributed by atoms with E-state index in [4.69, 9.17) is 10.5 Å². The van der Waals surface area contributed by atoms with E-state index in [0.717, 1.165) is 6.07 Å². The molecule has 0 saturated carbocycles. The Labute approximate surface area is 575 Å². The van der Waals surface area contributed by atoms with Crippen molar-refractivity contribution in [2.75, 3.05) is 13.7 Å². The number of halogens is 2. The molecule has 1 fully saturated rings. The number of nitrogens with one attached hydrogen (secondary N) is 11. The van der Waals surface area contributed by atoms with Crippen LogP contribution in [0.2, 0.25) is 0 Å². The quantitative estimate of drug-likeness (QED) is 0.0725. The molecule has 30 nitrogen and oxygen atoms in total. The van der Waals surface area contributed by atoms with Gasteiger partial charge in [0.05, 0.1) is 37.4 Å². The first-order chi connectivity index (χ1) is 48.3. The molecule has 9 atom stereocenters. The molecule has 0 unspecified atom stereocenters. The second kappa shape index (κ2) is 31.8.